The van der Waals surface area contributed by atoms with E-state index in [0.717, 1.165) is 21.2 Å². The summed E-state index contributed by atoms with van der Waals surface area (Å²) in [6, 6.07) is 21.6. The second kappa shape index (κ2) is 6.84. The smallest absolute Gasteiger partial charge is 0.228 e. The van der Waals surface area contributed by atoms with Crippen molar-refractivity contribution in [1.82, 2.24) is 0 Å². The molecule has 1 aliphatic rings. The minimum absolute atomic E-state index is 0.0819. The lowest BCUT2D eigenvalue weighted by Crippen LogP contribution is -2.41. The SMILES string of the molecule is O=C([O-])CN1C(=O)C[C@@H](c2cccc3ccccc23)Sc2ccccc21. The van der Waals surface area contributed by atoms with E-state index in [9.17, 15) is 14.7 Å². The number of hydrogen-bond donors (Lipinski definition) is 0. The number of amides is 1. The molecule has 0 aliphatic carbocycles. The normalized spacial score (nSPS) is 17.0. The highest BCUT2D eigenvalue weighted by molar-refractivity contribution is 7.99. The Labute approximate surface area is 155 Å². The van der Waals surface area contributed by atoms with Crippen LogP contribution in [-0.4, -0.2) is 18.4 Å². The maximum absolute atomic E-state index is 12.9. The van der Waals surface area contributed by atoms with E-state index < -0.39 is 12.5 Å². The van der Waals surface area contributed by atoms with Crippen LogP contribution < -0.4 is 10.0 Å². The van der Waals surface area contributed by atoms with Gasteiger partial charge in [0.15, 0.2) is 0 Å². The summed E-state index contributed by atoms with van der Waals surface area (Å²) in [5, 5.41) is 13.3. The summed E-state index contributed by atoms with van der Waals surface area (Å²) in [5.41, 5.74) is 1.72. The van der Waals surface area contributed by atoms with E-state index >= 15 is 0 Å². The van der Waals surface area contributed by atoms with Crippen LogP contribution in [0.1, 0.15) is 17.2 Å². The van der Waals surface area contributed by atoms with Crippen molar-refractivity contribution in [2.45, 2.75) is 16.6 Å². The predicted molar refractivity (Wildman–Crippen MR) is 101 cm³/mol. The first-order valence-corrected chi connectivity index (χ1v) is 9.25. The molecule has 0 radical (unpaired) electrons. The van der Waals surface area contributed by atoms with E-state index in [0.29, 0.717) is 5.69 Å². The first kappa shape index (κ1) is 16.7. The molecule has 4 rings (SSSR count). The van der Waals surface area contributed by atoms with Crippen molar-refractivity contribution in [3.8, 4) is 0 Å². The van der Waals surface area contributed by atoms with Crippen LogP contribution >= 0.6 is 11.8 Å². The van der Waals surface area contributed by atoms with Gasteiger partial charge in [0.1, 0.15) is 0 Å². The van der Waals surface area contributed by atoms with E-state index in [4.69, 9.17) is 0 Å². The van der Waals surface area contributed by atoms with E-state index in [1.807, 2.05) is 42.5 Å². The summed E-state index contributed by atoms with van der Waals surface area (Å²) in [4.78, 5) is 26.2. The Balaban J connectivity index is 1.81. The van der Waals surface area contributed by atoms with Crippen molar-refractivity contribution in [1.29, 1.82) is 0 Å². The zero-order chi connectivity index (χ0) is 18.1. The summed E-state index contributed by atoms with van der Waals surface area (Å²) in [5.74, 6) is -1.47. The number of rotatable bonds is 3. The second-order valence-corrected chi connectivity index (χ2v) is 7.44. The molecule has 3 aromatic carbocycles. The van der Waals surface area contributed by atoms with Crippen LogP contribution in [-0.2, 0) is 9.59 Å². The number of carbonyl (C=O) groups is 2. The summed E-state index contributed by atoms with van der Waals surface area (Å²) >= 11 is 1.60. The standard InChI is InChI=1S/C21H17NO3S/c23-20-12-19(16-9-5-7-14-6-1-2-8-15(14)16)26-18-11-4-3-10-17(18)22(20)13-21(24)25/h1-11,19H,12-13H2,(H,24,25)/p-1/t19-/m0/s1. The van der Waals surface area contributed by atoms with Gasteiger partial charge in [0.05, 0.1) is 18.2 Å². The molecule has 0 bridgehead atoms. The Morgan fingerprint density at radius 2 is 1.77 bits per heavy atom. The van der Waals surface area contributed by atoms with Gasteiger partial charge in [0, 0.05) is 16.6 Å². The van der Waals surface area contributed by atoms with E-state index in [2.05, 4.69) is 18.2 Å². The number of para-hydroxylation sites is 1. The van der Waals surface area contributed by atoms with Gasteiger partial charge >= 0.3 is 0 Å². The highest BCUT2D eigenvalue weighted by Gasteiger charge is 2.29. The molecule has 0 spiro atoms. The molecule has 1 amide bonds. The van der Waals surface area contributed by atoms with Gasteiger partial charge in [-0.1, -0.05) is 54.6 Å². The molecule has 5 heteroatoms. The predicted octanol–water partition coefficient (Wildman–Crippen LogP) is 3.16. The highest BCUT2D eigenvalue weighted by Crippen LogP contribution is 2.46. The monoisotopic (exact) mass is 362 g/mol. The molecule has 0 saturated carbocycles. The number of carboxylic acids is 1. The number of thioether (sulfide) groups is 1. The molecule has 3 aromatic rings. The quantitative estimate of drug-likeness (QED) is 0.718. The van der Waals surface area contributed by atoms with Crippen LogP contribution in [0, 0.1) is 0 Å². The average molecular weight is 362 g/mol. The number of anilines is 1. The molecule has 1 atom stereocenters. The van der Waals surface area contributed by atoms with Gasteiger partial charge in [-0.15, -0.1) is 11.8 Å². The molecule has 130 valence electrons. The van der Waals surface area contributed by atoms with Crippen LogP contribution in [0.25, 0.3) is 10.8 Å². The van der Waals surface area contributed by atoms with Gasteiger partial charge in [0.2, 0.25) is 5.91 Å². The second-order valence-electron chi connectivity index (χ2n) is 6.20. The van der Waals surface area contributed by atoms with Crippen LogP contribution in [0.4, 0.5) is 5.69 Å². The van der Waals surface area contributed by atoms with Gasteiger partial charge in [-0.05, 0) is 28.5 Å². The Bertz CT molecular complexity index is 996. The molecular formula is C21H16NO3S-. The fraction of sp³-hybridized carbons (Fsp3) is 0.143. The van der Waals surface area contributed by atoms with Gasteiger partial charge in [-0.3, -0.25) is 4.79 Å². The van der Waals surface area contributed by atoms with E-state index in [-0.39, 0.29) is 17.6 Å². The third-order valence-electron chi connectivity index (χ3n) is 4.54. The van der Waals surface area contributed by atoms with Gasteiger partial charge in [-0.2, -0.15) is 0 Å². The van der Waals surface area contributed by atoms with Crippen molar-refractivity contribution in [2.24, 2.45) is 0 Å². The number of benzene rings is 3. The summed E-state index contributed by atoms with van der Waals surface area (Å²) in [6.07, 6.45) is 0.237. The first-order valence-electron chi connectivity index (χ1n) is 8.37. The molecular weight excluding hydrogens is 346 g/mol. The molecule has 0 unspecified atom stereocenters. The number of fused-ring (bicyclic) bond motifs is 2. The van der Waals surface area contributed by atoms with Crippen LogP contribution in [0.2, 0.25) is 0 Å². The first-order chi connectivity index (χ1) is 12.6. The lowest BCUT2D eigenvalue weighted by atomic mass is 10.00. The Kier molecular flexibility index (Phi) is 4.39. The Hall–Kier alpha value is -2.79. The number of carbonyl (C=O) groups excluding carboxylic acids is 2. The zero-order valence-electron chi connectivity index (χ0n) is 13.9. The highest BCUT2D eigenvalue weighted by atomic mass is 32.2. The topological polar surface area (TPSA) is 60.4 Å². The largest absolute Gasteiger partial charge is 0.548 e. The summed E-state index contributed by atoms with van der Waals surface area (Å²) in [7, 11) is 0. The van der Waals surface area contributed by atoms with Gasteiger partial charge in [0.25, 0.3) is 0 Å². The molecule has 26 heavy (non-hydrogen) atoms. The van der Waals surface area contributed by atoms with Crippen molar-refractivity contribution in [3.05, 3.63) is 72.3 Å². The van der Waals surface area contributed by atoms with Crippen molar-refractivity contribution >= 4 is 40.1 Å². The molecule has 4 nitrogen and oxygen atoms in total. The van der Waals surface area contributed by atoms with Crippen molar-refractivity contribution < 1.29 is 14.7 Å². The Morgan fingerprint density at radius 3 is 2.62 bits per heavy atom. The molecule has 0 aromatic heterocycles. The molecule has 0 fully saturated rings. The van der Waals surface area contributed by atoms with Crippen LogP contribution in [0.3, 0.4) is 0 Å². The lowest BCUT2D eigenvalue weighted by Gasteiger charge is -2.23. The van der Waals surface area contributed by atoms with Crippen molar-refractivity contribution in [2.75, 3.05) is 11.4 Å². The lowest BCUT2D eigenvalue weighted by molar-refractivity contribution is -0.303. The fourth-order valence-corrected chi connectivity index (χ4v) is 4.71. The van der Waals surface area contributed by atoms with Crippen LogP contribution in [0.5, 0.6) is 0 Å². The minimum Gasteiger partial charge on any atom is -0.548 e. The van der Waals surface area contributed by atoms with Gasteiger partial charge < -0.3 is 14.8 Å². The fourth-order valence-electron chi connectivity index (χ4n) is 3.38. The number of carboxylic acid groups (broad SMARTS) is 1. The third kappa shape index (κ3) is 3.06. The number of hydrogen-bond acceptors (Lipinski definition) is 4. The maximum atomic E-state index is 12.9. The van der Waals surface area contributed by atoms with Crippen molar-refractivity contribution in [3.63, 3.8) is 0 Å². The van der Waals surface area contributed by atoms with E-state index in [1.165, 1.54) is 4.90 Å². The van der Waals surface area contributed by atoms with Crippen LogP contribution in [0.15, 0.2) is 71.6 Å². The third-order valence-corrected chi connectivity index (χ3v) is 5.85. The maximum Gasteiger partial charge on any atom is 0.228 e. The zero-order valence-corrected chi connectivity index (χ0v) is 14.7. The van der Waals surface area contributed by atoms with Gasteiger partial charge in [-0.25, -0.2) is 0 Å². The summed E-state index contributed by atoms with van der Waals surface area (Å²) < 4.78 is 0. The van der Waals surface area contributed by atoms with E-state index in [1.54, 1.807) is 17.8 Å². The minimum atomic E-state index is -1.26. The average Bonchev–Trinajstić information content (AvgIpc) is 2.78. The number of aliphatic carboxylic acids is 1. The number of nitrogens with zero attached hydrogens (tertiary/aromatic N) is 1. The Morgan fingerprint density at radius 1 is 1.04 bits per heavy atom. The molecule has 0 saturated heterocycles. The molecule has 0 N–H and O–H groups in total. The molecule has 1 aliphatic heterocycles. The molecule has 1 heterocycles. The summed E-state index contributed by atoms with van der Waals surface area (Å²) in [6.45, 7) is -0.432.